The highest BCUT2D eigenvalue weighted by atomic mass is 35.5. The first-order chi connectivity index (χ1) is 9.70. The Balaban J connectivity index is 3.11. The van der Waals surface area contributed by atoms with Crippen LogP contribution in [0.5, 0.6) is 0 Å². The van der Waals surface area contributed by atoms with Crippen LogP contribution in [0.3, 0.4) is 0 Å². The zero-order valence-corrected chi connectivity index (χ0v) is 14.1. The highest BCUT2D eigenvalue weighted by molar-refractivity contribution is 7.89. The van der Waals surface area contributed by atoms with E-state index in [-0.39, 0.29) is 35.8 Å². The molecule has 7 nitrogen and oxygen atoms in total. The van der Waals surface area contributed by atoms with Gasteiger partial charge in [0.1, 0.15) is 11.7 Å². The predicted octanol–water partition coefficient (Wildman–Crippen LogP) is 1.28. The van der Waals surface area contributed by atoms with Crippen LogP contribution in [-0.4, -0.2) is 47.9 Å². The van der Waals surface area contributed by atoms with Gasteiger partial charge in [-0.05, 0) is 12.8 Å². The molecule has 0 unspecified atom stereocenters. The van der Waals surface area contributed by atoms with Crippen molar-refractivity contribution in [3.63, 3.8) is 0 Å². The van der Waals surface area contributed by atoms with E-state index in [0.29, 0.717) is 0 Å². The Hall–Kier alpha value is -1.12. The van der Waals surface area contributed by atoms with E-state index in [1.165, 1.54) is 10.9 Å². The van der Waals surface area contributed by atoms with E-state index in [9.17, 15) is 13.2 Å². The maximum atomic E-state index is 12.6. The third kappa shape index (κ3) is 4.42. The summed E-state index contributed by atoms with van der Waals surface area (Å²) in [5.74, 6) is -0.564. The number of hydrogen-bond acceptors (Lipinski definition) is 5. The molecule has 9 heteroatoms. The quantitative estimate of drug-likeness (QED) is 0.700. The average Bonchev–Trinajstić information content (AvgIpc) is 2.69. The Labute approximate surface area is 129 Å². The van der Waals surface area contributed by atoms with Gasteiger partial charge in [-0.2, -0.15) is 4.31 Å². The second kappa shape index (κ2) is 7.24. The Kier molecular flexibility index (Phi) is 6.18. The van der Waals surface area contributed by atoms with Crippen LogP contribution in [0.2, 0.25) is 5.15 Å². The molecule has 0 aliphatic carbocycles. The molecule has 0 aliphatic heterocycles. The SMILES string of the molecule is CCOC(=O)CN(CC(C)C)S(=O)(=O)c1ncn(C)c1Cl. The van der Waals surface area contributed by atoms with Crippen molar-refractivity contribution >= 4 is 27.6 Å². The number of hydrogen-bond donors (Lipinski definition) is 0. The van der Waals surface area contributed by atoms with Crippen LogP contribution < -0.4 is 0 Å². The van der Waals surface area contributed by atoms with Gasteiger partial charge in [-0.3, -0.25) is 4.79 Å². The second-order valence-electron chi connectivity index (χ2n) is 4.95. The van der Waals surface area contributed by atoms with Gasteiger partial charge in [0, 0.05) is 13.6 Å². The summed E-state index contributed by atoms with van der Waals surface area (Å²) in [5, 5.41) is -0.246. The van der Waals surface area contributed by atoms with Crippen LogP contribution in [0.15, 0.2) is 11.4 Å². The molecule has 0 spiro atoms. The summed E-state index contributed by atoms with van der Waals surface area (Å²) in [6, 6.07) is 0. The standard InChI is InChI=1S/C12H20ClN3O4S/c1-5-20-10(17)7-16(6-9(2)3)21(18,19)12-11(13)15(4)8-14-12/h8-9H,5-7H2,1-4H3. The number of aromatic nitrogens is 2. The first kappa shape index (κ1) is 17.9. The molecule has 0 atom stereocenters. The predicted molar refractivity (Wildman–Crippen MR) is 78.4 cm³/mol. The van der Waals surface area contributed by atoms with Crippen LogP contribution in [0.25, 0.3) is 0 Å². The van der Waals surface area contributed by atoms with E-state index < -0.39 is 16.0 Å². The first-order valence-corrected chi connectivity index (χ1v) is 8.34. The van der Waals surface area contributed by atoms with Crippen LogP contribution in [0, 0.1) is 5.92 Å². The number of ether oxygens (including phenoxy) is 1. The van der Waals surface area contributed by atoms with Gasteiger partial charge < -0.3 is 9.30 Å². The lowest BCUT2D eigenvalue weighted by Crippen LogP contribution is -2.39. The topological polar surface area (TPSA) is 81.5 Å². The smallest absolute Gasteiger partial charge is 0.321 e. The lowest BCUT2D eigenvalue weighted by molar-refractivity contribution is -0.143. The van der Waals surface area contributed by atoms with Gasteiger partial charge in [0.15, 0.2) is 0 Å². The molecular formula is C12H20ClN3O4S. The zero-order valence-electron chi connectivity index (χ0n) is 12.5. The van der Waals surface area contributed by atoms with Crippen molar-refractivity contribution in [2.24, 2.45) is 13.0 Å². The maximum Gasteiger partial charge on any atom is 0.321 e. The Morgan fingerprint density at radius 2 is 2.14 bits per heavy atom. The van der Waals surface area contributed by atoms with E-state index >= 15 is 0 Å². The lowest BCUT2D eigenvalue weighted by atomic mass is 10.2. The number of imidazole rings is 1. The van der Waals surface area contributed by atoms with Gasteiger partial charge in [-0.1, -0.05) is 25.4 Å². The Morgan fingerprint density at radius 1 is 1.52 bits per heavy atom. The second-order valence-corrected chi connectivity index (χ2v) is 7.16. The highest BCUT2D eigenvalue weighted by Crippen LogP contribution is 2.23. The summed E-state index contributed by atoms with van der Waals surface area (Å²) in [5.41, 5.74) is 0. The molecule has 0 aliphatic rings. The average molecular weight is 338 g/mol. The van der Waals surface area contributed by atoms with Crippen molar-refractivity contribution in [1.82, 2.24) is 13.9 Å². The molecule has 1 rings (SSSR count). The van der Waals surface area contributed by atoms with Crippen molar-refractivity contribution in [3.05, 3.63) is 11.5 Å². The fraction of sp³-hybridized carbons (Fsp3) is 0.667. The van der Waals surface area contributed by atoms with Crippen LogP contribution in [-0.2, 0) is 26.6 Å². The normalized spacial score (nSPS) is 12.1. The summed E-state index contributed by atoms with van der Waals surface area (Å²) in [4.78, 5) is 15.4. The number of esters is 1. The number of sulfonamides is 1. The fourth-order valence-corrected chi connectivity index (χ4v) is 3.63. The fourth-order valence-electron chi connectivity index (χ4n) is 1.69. The van der Waals surface area contributed by atoms with E-state index in [2.05, 4.69) is 4.98 Å². The van der Waals surface area contributed by atoms with Crippen LogP contribution in [0.4, 0.5) is 0 Å². The van der Waals surface area contributed by atoms with Gasteiger partial charge in [0.2, 0.25) is 5.03 Å². The number of carbonyl (C=O) groups excluding carboxylic acids is 1. The van der Waals surface area contributed by atoms with Crippen molar-refractivity contribution in [1.29, 1.82) is 0 Å². The van der Waals surface area contributed by atoms with E-state index in [1.807, 2.05) is 13.8 Å². The summed E-state index contributed by atoms with van der Waals surface area (Å²) < 4.78 is 32.5. The molecule has 0 aromatic carbocycles. The molecule has 0 saturated heterocycles. The number of halogens is 1. The van der Waals surface area contributed by atoms with Gasteiger partial charge in [-0.25, -0.2) is 13.4 Å². The van der Waals surface area contributed by atoms with Crippen molar-refractivity contribution < 1.29 is 17.9 Å². The molecule has 0 saturated carbocycles. The van der Waals surface area contributed by atoms with Gasteiger partial charge in [-0.15, -0.1) is 0 Å². The van der Waals surface area contributed by atoms with E-state index in [1.54, 1.807) is 14.0 Å². The van der Waals surface area contributed by atoms with Crippen LogP contribution in [0.1, 0.15) is 20.8 Å². The number of nitrogens with zero attached hydrogens (tertiary/aromatic N) is 3. The first-order valence-electron chi connectivity index (χ1n) is 6.52. The van der Waals surface area contributed by atoms with Crippen molar-refractivity contribution in [3.8, 4) is 0 Å². The third-order valence-corrected chi connectivity index (χ3v) is 4.90. The Bertz CT molecular complexity index is 598. The molecule has 1 heterocycles. The highest BCUT2D eigenvalue weighted by Gasteiger charge is 2.32. The maximum absolute atomic E-state index is 12.6. The summed E-state index contributed by atoms with van der Waals surface area (Å²) in [6.45, 7) is 5.38. The van der Waals surface area contributed by atoms with Gasteiger partial charge in [0.25, 0.3) is 10.0 Å². The molecule has 0 fully saturated rings. The van der Waals surface area contributed by atoms with E-state index in [0.717, 1.165) is 4.31 Å². The minimum absolute atomic E-state index is 0.00705. The van der Waals surface area contributed by atoms with Crippen molar-refractivity contribution in [2.75, 3.05) is 19.7 Å². The molecule has 1 aromatic heterocycles. The van der Waals surface area contributed by atoms with Gasteiger partial charge >= 0.3 is 5.97 Å². The summed E-state index contributed by atoms with van der Waals surface area (Å²) >= 11 is 5.95. The minimum atomic E-state index is -3.95. The largest absolute Gasteiger partial charge is 0.465 e. The van der Waals surface area contributed by atoms with Gasteiger partial charge in [0.05, 0.1) is 12.9 Å². The number of rotatable bonds is 7. The molecule has 0 N–H and O–H groups in total. The zero-order chi connectivity index (χ0) is 16.2. The minimum Gasteiger partial charge on any atom is -0.465 e. The van der Waals surface area contributed by atoms with Crippen LogP contribution >= 0.6 is 11.6 Å². The van der Waals surface area contributed by atoms with E-state index in [4.69, 9.17) is 16.3 Å². The molecule has 0 bridgehead atoms. The Morgan fingerprint density at radius 3 is 2.57 bits per heavy atom. The monoisotopic (exact) mass is 337 g/mol. The lowest BCUT2D eigenvalue weighted by Gasteiger charge is -2.22. The molecular weight excluding hydrogens is 318 g/mol. The summed E-state index contributed by atoms with van der Waals surface area (Å²) in [7, 11) is -2.36. The number of carbonyl (C=O) groups is 1. The molecule has 120 valence electrons. The van der Waals surface area contributed by atoms with Crippen molar-refractivity contribution in [2.45, 2.75) is 25.8 Å². The molecule has 0 radical (unpaired) electrons. The summed E-state index contributed by atoms with van der Waals surface area (Å²) in [6.07, 6.45) is 1.31. The molecule has 0 amide bonds. The molecule has 1 aromatic rings. The third-order valence-electron chi connectivity index (χ3n) is 2.60. The molecule has 21 heavy (non-hydrogen) atoms. The number of aryl methyl sites for hydroxylation is 1.